The van der Waals surface area contributed by atoms with Crippen LogP contribution in [-0.2, 0) is 6.18 Å². The van der Waals surface area contributed by atoms with E-state index >= 15 is 0 Å². The average Bonchev–Trinajstić information content (AvgIpc) is 2.13. The molecule has 92 valence electrons. The first-order valence-electron chi connectivity index (χ1n) is 5.09. The molecule has 1 rings (SSSR count). The van der Waals surface area contributed by atoms with Crippen LogP contribution in [0.3, 0.4) is 0 Å². The Bertz CT molecular complexity index is 475. The minimum atomic E-state index is -4.42. The number of hydrogen-bond acceptors (Lipinski definition) is 1. The van der Waals surface area contributed by atoms with Crippen LogP contribution in [0.1, 0.15) is 11.1 Å². The van der Waals surface area contributed by atoms with Crippen LogP contribution in [0.15, 0.2) is 18.2 Å². The topological polar surface area (TPSA) is 26.0 Å². The fraction of sp³-hybridized carbons (Fsp3) is 0.333. The van der Waals surface area contributed by atoms with Crippen LogP contribution in [-0.4, -0.2) is 8.07 Å². The van der Waals surface area contributed by atoms with Crippen LogP contribution < -0.4 is 5.73 Å². The number of rotatable bonds is 0. The summed E-state index contributed by atoms with van der Waals surface area (Å²) in [5.41, 5.74) is 7.61. The predicted molar refractivity (Wildman–Crippen MR) is 66.1 cm³/mol. The molecule has 0 saturated carbocycles. The molecule has 17 heavy (non-hydrogen) atoms. The van der Waals surface area contributed by atoms with Gasteiger partial charge in [0.1, 0.15) is 8.07 Å². The van der Waals surface area contributed by atoms with Gasteiger partial charge in [0.05, 0.1) is 5.56 Å². The predicted octanol–water partition coefficient (Wildman–Crippen LogP) is 3.52. The number of alkyl halides is 3. The first kappa shape index (κ1) is 13.7. The van der Waals surface area contributed by atoms with Crippen LogP contribution in [0.2, 0.25) is 19.6 Å². The minimum absolute atomic E-state index is 0.00544. The van der Waals surface area contributed by atoms with Gasteiger partial charge in [-0.2, -0.15) is 13.2 Å². The zero-order valence-corrected chi connectivity index (χ0v) is 10.9. The Labute approximate surface area is 99.8 Å². The van der Waals surface area contributed by atoms with Crippen molar-refractivity contribution in [1.29, 1.82) is 0 Å². The summed E-state index contributed by atoms with van der Waals surface area (Å²) in [5.74, 6) is 2.62. The van der Waals surface area contributed by atoms with Gasteiger partial charge in [-0.15, -0.1) is 5.54 Å². The fourth-order valence-corrected chi connectivity index (χ4v) is 1.67. The Kier molecular flexibility index (Phi) is 3.58. The lowest BCUT2D eigenvalue weighted by atomic mass is 10.1. The van der Waals surface area contributed by atoms with Crippen molar-refractivity contribution in [2.24, 2.45) is 0 Å². The van der Waals surface area contributed by atoms with E-state index in [4.69, 9.17) is 5.73 Å². The van der Waals surface area contributed by atoms with Gasteiger partial charge >= 0.3 is 6.18 Å². The molecule has 0 spiro atoms. The van der Waals surface area contributed by atoms with Gasteiger partial charge in [0.15, 0.2) is 0 Å². The molecule has 0 radical (unpaired) electrons. The largest absolute Gasteiger partial charge is 0.417 e. The lowest BCUT2D eigenvalue weighted by Gasteiger charge is -2.10. The van der Waals surface area contributed by atoms with Gasteiger partial charge in [-0.3, -0.25) is 0 Å². The van der Waals surface area contributed by atoms with E-state index in [0.717, 1.165) is 6.07 Å². The third-order valence-electron chi connectivity index (χ3n) is 1.92. The van der Waals surface area contributed by atoms with Crippen molar-refractivity contribution in [3.8, 4) is 11.5 Å². The molecule has 0 amide bonds. The Morgan fingerprint density at radius 3 is 2.24 bits per heavy atom. The molecule has 0 saturated heterocycles. The summed E-state index contributed by atoms with van der Waals surface area (Å²) in [6.07, 6.45) is -4.42. The van der Waals surface area contributed by atoms with Gasteiger partial charge < -0.3 is 5.73 Å². The Balaban J connectivity index is 3.29. The molecule has 0 aromatic heterocycles. The summed E-state index contributed by atoms with van der Waals surface area (Å²) >= 11 is 0. The summed E-state index contributed by atoms with van der Waals surface area (Å²) in [6, 6.07) is 3.68. The molecule has 0 aliphatic heterocycles. The molecule has 0 aliphatic rings. The molecule has 1 nitrogen and oxygen atoms in total. The van der Waals surface area contributed by atoms with Gasteiger partial charge in [-0.1, -0.05) is 25.6 Å². The maximum absolute atomic E-state index is 12.7. The van der Waals surface area contributed by atoms with Crippen molar-refractivity contribution >= 4 is 13.8 Å². The highest BCUT2D eigenvalue weighted by Gasteiger charge is 2.33. The van der Waals surface area contributed by atoms with Gasteiger partial charge in [0, 0.05) is 11.3 Å². The second-order valence-corrected chi connectivity index (χ2v) is 9.55. The molecule has 0 heterocycles. The van der Waals surface area contributed by atoms with Crippen LogP contribution in [0, 0.1) is 11.5 Å². The van der Waals surface area contributed by atoms with Crippen LogP contribution >= 0.6 is 0 Å². The third kappa shape index (κ3) is 4.15. The van der Waals surface area contributed by atoms with E-state index in [0.29, 0.717) is 0 Å². The monoisotopic (exact) mass is 257 g/mol. The van der Waals surface area contributed by atoms with Crippen molar-refractivity contribution in [2.75, 3.05) is 5.73 Å². The maximum Gasteiger partial charge on any atom is 0.417 e. The molecule has 2 N–H and O–H groups in total. The van der Waals surface area contributed by atoms with E-state index in [-0.39, 0.29) is 11.3 Å². The highest BCUT2D eigenvalue weighted by atomic mass is 28.3. The maximum atomic E-state index is 12.7. The number of hydrogen-bond donors (Lipinski definition) is 1. The van der Waals surface area contributed by atoms with Crippen molar-refractivity contribution in [1.82, 2.24) is 0 Å². The first-order valence-corrected chi connectivity index (χ1v) is 8.59. The lowest BCUT2D eigenvalue weighted by molar-refractivity contribution is -0.137. The zero-order chi connectivity index (χ0) is 13.3. The number of nitrogens with two attached hydrogens (primary N) is 1. The normalized spacial score (nSPS) is 11.9. The molecule has 5 heteroatoms. The third-order valence-corrected chi connectivity index (χ3v) is 2.80. The standard InChI is InChI=1S/C12H14F3NSi/c1-17(2,3)7-6-9-4-5-10(16)8-11(9)12(13,14)15/h4-5,8H,16H2,1-3H3. The quantitative estimate of drug-likeness (QED) is 0.429. The summed E-state index contributed by atoms with van der Waals surface area (Å²) in [7, 11) is -1.70. The van der Waals surface area contributed by atoms with E-state index in [1.807, 2.05) is 19.6 Å². The van der Waals surface area contributed by atoms with Crippen molar-refractivity contribution in [3.05, 3.63) is 29.3 Å². The Hall–Kier alpha value is -1.41. The van der Waals surface area contributed by atoms with E-state index in [2.05, 4.69) is 11.5 Å². The number of halogens is 3. The lowest BCUT2D eigenvalue weighted by Crippen LogP contribution is -2.16. The molecule has 1 aromatic rings. The summed E-state index contributed by atoms with van der Waals surface area (Å²) < 4.78 is 38.2. The van der Waals surface area contributed by atoms with E-state index in [1.54, 1.807) is 0 Å². The van der Waals surface area contributed by atoms with Crippen LogP contribution in [0.4, 0.5) is 18.9 Å². The Morgan fingerprint density at radius 1 is 1.18 bits per heavy atom. The molecular formula is C12H14F3NSi. The van der Waals surface area contributed by atoms with Crippen LogP contribution in [0.25, 0.3) is 0 Å². The SMILES string of the molecule is C[Si](C)(C)C#Cc1ccc(N)cc1C(F)(F)F. The minimum Gasteiger partial charge on any atom is -0.399 e. The van der Waals surface area contributed by atoms with Crippen molar-refractivity contribution in [2.45, 2.75) is 25.8 Å². The molecule has 1 aromatic carbocycles. The van der Waals surface area contributed by atoms with Crippen molar-refractivity contribution in [3.63, 3.8) is 0 Å². The summed E-state index contributed by atoms with van der Waals surface area (Å²) in [6.45, 7) is 5.93. The zero-order valence-electron chi connectivity index (χ0n) is 9.94. The average molecular weight is 257 g/mol. The van der Waals surface area contributed by atoms with Crippen molar-refractivity contribution < 1.29 is 13.2 Å². The molecule has 0 aliphatic carbocycles. The number of anilines is 1. The number of benzene rings is 1. The molecule has 0 fully saturated rings. The van der Waals surface area contributed by atoms with E-state index in [9.17, 15) is 13.2 Å². The molecular weight excluding hydrogens is 243 g/mol. The molecule has 0 unspecified atom stereocenters. The second-order valence-electron chi connectivity index (χ2n) is 4.80. The van der Waals surface area contributed by atoms with Crippen LogP contribution in [0.5, 0.6) is 0 Å². The summed E-state index contributed by atoms with van der Waals surface area (Å²) in [5, 5.41) is 0. The number of nitrogen functional groups attached to an aromatic ring is 1. The summed E-state index contributed by atoms with van der Waals surface area (Å²) in [4.78, 5) is 0. The van der Waals surface area contributed by atoms with Gasteiger partial charge in [-0.05, 0) is 18.2 Å². The molecule has 0 bridgehead atoms. The van der Waals surface area contributed by atoms with Gasteiger partial charge in [0.25, 0.3) is 0 Å². The highest BCUT2D eigenvalue weighted by Crippen LogP contribution is 2.32. The first-order chi connectivity index (χ1) is 7.59. The van der Waals surface area contributed by atoms with E-state index in [1.165, 1.54) is 12.1 Å². The van der Waals surface area contributed by atoms with Gasteiger partial charge in [-0.25, -0.2) is 0 Å². The smallest absolute Gasteiger partial charge is 0.399 e. The Morgan fingerprint density at radius 2 is 1.76 bits per heavy atom. The second kappa shape index (κ2) is 4.45. The fourth-order valence-electron chi connectivity index (χ4n) is 1.16. The van der Waals surface area contributed by atoms with Gasteiger partial charge in [0.2, 0.25) is 0 Å². The highest BCUT2D eigenvalue weighted by molar-refractivity contribution is 6.83. The van der Waals surface area contributed by atoms with E-state index < -0.39 is 19.8 Å². The molecule has 0 atom stereocenters.